The average Bonchev–Trinajstić information content (AvgIpc) is 3.03. The van der Waals surface area contributed by atoms with Crippen LogP contribution in [0.25, 0.3) is 0 Å². The Kier molecular flexibility index (Phi) is 7.49. The summed E-state index contributed by atoms with van der Waals surface area (Å²) in [4.78, 5) is 0. The second kappa shape index (κ2) is 9.52. The Morgan fingerprint density at radius 2 is 1.83 bits per heavy atom. The van der Waals surface area contributed by atoms with E-state index >= 15 is 0 Å². The Labute approximate surface area is 179 Å². The fourth-order valence-electron chi connectivity index (χ4n) is 6.71. The van der Waals surface area contributed by atoms with E-state index in [-0.39, 0.29) is 0 Å². The lowest BCUT2D eigenvalue weighted by Gasteiger charge is -2.44. The maximum Gasteiger partial charge on any atom is 0.105 e. The van der Waals surface area contributed by atoms with Crippen LogP contribution in [0.4, 0.5) is 0 Å². The van der Waals surface area contributed by atoms with Gasteiger partial charge in [-0.2, -0.15) is 0 Å². The van der Waals surface area contributed by atoms with E-state index in [9.17, 15) is 10.2 Å². The Morgan fingerprint density at radius 1 is 1.07 bits per heavy atom. The average molecular weight is 401 g/mol. The molecule has 6 atom stereocenters. The van der Waals surface area contributed by atoms with E-state index in [1.165, 1.54) is 51.4 Å². The van der Waals surface area contributed by atoms with E-state index in [1.54, 1.807) is 5.57 Å². The summed E-state index contributed by atoms with van der Waals surface area (Å²) >= 11 is 0. The van der Waals surface area contributed by atoms with Crippen molar-refractivity contribution in [3.05, 3.63) is 35.5 Å². The molecule has 2 heteroatoms. The lowest BCUT2D eigenvalue weighted by atomic mass is 9.60. The summed E-state index contributed by atoms with van der Waals surface area (Å²) in [6.07, 6.45) is 15.3. The third kappa shape index (κ3) is 4.90. The van der Waals surface area contributed by atoms with Crippen molar-refractivity contribution in [2.75, 3.05) is 0 Å². The number of fused-ring (bicyclic) bond motifs is 1. The predicted octanol–water partition coefficient (Wildman–Crippen LogP) is 6.59. The highest BCUT2D eigenvalue weighted by atomic mass is 16.3. The minimum atomic E-state index is -0.799. The summed E-state index contributed by atoms with van der Waals surface area (Å²) < 4.78 is 0. The van der Waals surface area contributed by atoms with Crippen LogP contribution in [0.5, 0.6) is 0 Å². The highest BCUT2D eigenvalue weighted by molar-refractivity contribution is 5.38. The molecule has 3 fully saturated rings. The summed E-state index contributed by atoms with van der Waals surface area (Å²) in [7, 11) is 0. The molecule has 0 spiro atoms. The Bertz CT molecular complexity index is 643. The largest absolute Gasteiger partial charge is 0.390 e. The molecular weight excluding hydrogens is 356 g/mol. The van der Waals surface area contributed by atoms with Crippen molar-refractivity contribution in [3.8, 4) is 0 Å². The van der Waals surface area contributed by atoms with Crippen molar-refractivity contribution in [2.24, 2.45) is 29.1 Å². The van der Waals surface area contributed by atoms with E-state index in [4.69, 9.17) is 0 Å². The molecule has 3 rings (SSSR count). The zero-order valence-corrected chi connectivity index (χ0v) is 19.3. The van der Waals surface area contributed by atoms with Gasteiger partial charge in [-0.25, -0.2) is 0 Å². The second-order valence-corrected chi connectivity index (χ2v) is 10.9. The minimum absolute atomic E-state index is 0.457. The van der Waals surface area contributed by atoms with Gasteiger partial charge in [0.15, 0.2) is 0 Å². The van der Waals surface area contributed by atoms with Crippen molar-refractivity contribution in [3.63, 3.8) is 0 Å². The molecule has 0 aromatic rings. The number of allylic oxidation sites excluding steroid dienone is 3. The zero-order chi connectivity index (χ0) is 21.2. The van der Waals surface area contributed by atoms with Crippen molar-refractivity contribution >= 4 is 0 Å². The van der Waals surface area contributed by atoms with Gasteiger partial charge in [0, 0.05) is 0 Å². The fourth-order valence-corrected chi connectivity index (χ4v) is 6.71. The molecule has 2 unspecified atom stereocenters. The van der Waals surface area contributed by atoms with E-state index < -0.39 is 12.2 Å². The first-order valence-corrected chi connectivity index (χ1v) is 12.2. The van der Waals surface area contributed by atoms with Gasteiger partial charge in [0.25, 0.3) is 0 Å². The Balaban J connectivity index is 1.70. The molecule has 0 saturated heterocycles. The summed E-state index contributed by atoms with van der Waals surface area (Å²) in [5.74, 6) is 3.23. The van der Waals surface area contributed by atoms with Gasteiger partial charge in [0.2, 0.25) is 0 Å². The Morgan fingerprint density at radius 3 is 2.55 bits per heavy atom. The molecule has 3 saturated carbocycles. The first kappa shape index (κ1) is 22.8. The molecule has 0 amide bonds. The van der Waals surface area contributed by atoms with Crippen LogP contribution >= 0.6 is 0 Å². The van der Waals surface area contributed by atoms with Gasteiger partial charge >= 0.3 is 0 Å². The first-order valence-electron chi connectivity index (χ1n) is 12.2. The SMILES string of the molecule is C=C1/C(=C\C=C2/CCC[C@]3(C)[C@@H]([C@H](C)CCCC(C)C)CC[C@@H]23)CCC(O)C1O. The summed E-state index contributed by atoms with van der Waals surface area (Å²) in [6.45, 7) is 13.8. The van der Waals surface area contributed by atoms with Crippen molar-refractivity contribution in [1.29, 1.82) is 0 Å². The Hall–Kier alpha value is -0.860. The molecule has 2 N–H and O–H groups in total. The maximum atomic E-state index is 10.1. The van der Waals surface area contributed by atoms with Crippen LogP contribution in [-0.4, -0.2) is 22.4 Å². The van der Waals surface area contributed by atoms with Gasteiger partial charge < -0.3 is 10.2 Å². The van der Waals surface area contributed by atoms with Crippen LogP contribution in [0.1, 0.15) is 91.9 Å². The van der Waals surface area contributed by atoms with E-state index in [1.807, 2.05) is 0 Å². The highest BCUT2D eigenvalue weighted by Gasteiger charge is 2.50. The van der Waals surface area contributed by atoms with Crippen LogP contribution in [0.3, 0.4) is 0 Å². The normalized spacial score (nSPS) is 39.3. The van der Waals surface area contributed by atoms with Crippen LogP contribution in [0, 0.1) is 29.1 Å². The lowest BCUT2D eigenvalue weighted by Crippen LogP contribution is -2.36. The quantitative estimate of drug-likeness (QED) is 0.528. The fraction of sp³-hybridized carbons (Fsp3) is 0.778. The van der Waals surface area contributed by atoms with Gasteiger partial charge in [0.1, 0.15) is 6.10 Å². The number of aliphatic hydroxyl groups excluding tert-OH is 2. The van der Waals surface area contributed by atoms with Crippen molar-refractivity contribution < 1.29 is 10.2 Å². The zero-order valence-electron chi connectivity index (χ0n) is 19.3. The molecule has 0 aromatic heterocycles. The number of rotatable bonds is 6. The summed E-state index contributed by atoms with van der Waals surface area (Å²) in [5, 5.41) is 20.0. The molecule has 2 nitrogen and oxygen atoms in total. The van der Waals surface area contributed by atoms with Gasteiger partial charge in [-0.15, -0.1) is 0 Å². The molecule has 0 aromatic carbocycles. The lowest BCUT2D eigenvalue weighted by molar-refractivity contribution is 0.0301. The monoisotopic (exact) mass is 400 g/mol. The number of hydrogen-bond acceptors (Lipinski definition) is 2. The van der Waals surface area contributed by atoms with E-state index in [2.05, 4.69) is 46.4 Å². The van der Waals surface area contributed by atoms with E-state index in [0.29, 0.717) is 17.4 Å². The maximum absolute atomic E-state index is 10.1. The molecular formula is C27H44O2. The predicted molar refractivity (Wildman–Crippen MR) is 123 cm³/mol. The third-order valence-corrected chi connectivity index (χ3v) is 8.51. The molecule has 0 heterocycles. The molecule has 164 valence electrons. The molecule has 0 radical (unpaired) electrons. The minimum Gasteiger partial charge on any atom is -0.390 e. The van der Waals surface area contributed by atoms with E-state index in [0.717, 1.165) is 35.7 Å². The van der Waals surface area contributed by atoms with Crippen LogP contribution in [0.15, 0.2) is 35.5 Å². The van der Waals surface area contributed by atoms with Crippen LogP contribution in [-0.2, 0) is 0 Å². The first-order chi connectivity index (χ1) is 13.7. The van der Waals surface area contributed by atoms with Crippen molar-refractivity contribution in [2.45, 2.75) is 104 Å². The van der Waals surface area contributed by atoms with Gasteiger partial charge in [-0.05, 0) is 85.2 Å². The van der Waals surface area contributed by atoms with Gasteiger partial charge in [0.05, 0.1) is 6.10 Å². The molecule has 3 aliphatic rings. The van der Waals surface area contributed by atoms with Gasteiger partial charge in [-0.1, -0.05) is 71.3 Å². The molecule has 0 aliphatic heterocycles. The van der Waals surface area contributed by atoms with Crippen LogP contribution < -0.4 is 0 Å². The number of aliphatic hydroxyl groups is 2. The molecule has 29 heavy (non-hydrogen) atoms. The summed E-state index contributed by atoms with van der Waals surface area (Å²) in [6, 6.07) is 0. The standard InChI is InChI=1S/C27H44O2/c1-18(2)8-6-9-19(3)23-14-15-24-22(10-7-17-27(23,24)5)12-11-21-13-16-25(28)26(29)20(21)4/h11-12,18-19,23-26,28-29H,4,6-10,13-17H2,1-3,5H3/b21-11-,22-12+/t19-,23-,24+,25?,26?,27-/m1/s1. The summed E-state index contributed by atoms with van der Waals surface area (Å²) in [5.41, 5.74) is 3.91. The van der Waals surface area contributed by atoms with Gasteiger partial charge in [-0.3, -0.25) is 0 Å². The van der Waals surface area contributed by atoms with Crippen LogP contribution in [0.2, 0.25) is 0 Å². The molecule has 0 bridgehead atoms. The smallest absolute Gasteiger partial charge is 0.105 e. The molecule has 3 aliphatic carbocycles. The topological polar surface area (TPSA) is 40.5 Å². The number of hydrogen-bond donors (Lipinski definition) is 2. The third-order valence-electron chi connectivity index (χ3n) is 8.51. The second-order valence-electron chi connectivity index (χ2n) is 10.9. The van der Waals surface area contributed by atoms with Crippen molar-refractivity contribution in [1.82, 2.24) is 0 Å². The highest BCUT2D eigenvalue weighted by Crippen LogP contribution is 2.59.